The maximum Gasteiger partial charge on any atom is 0.490 e. The molecule has 21 heteroatoms. The second-order valence-electron chi connectivity index (χ2n) is 12.1. The molecule has 0 amide bonds. The molecular formula is C35H35ClF9N5O6. The molecule has 0 bridgehead atoms. The lowest BCUT2D eigenvalue weighted by atomic mass is 9.89. The van der Waals surface area contributed by atoms with E-state index in [9.17, 15) is 39.5 Å². The van der Waals surface area contributed by atoms with Gasteiger partial charge in [0.05, 0.1) is 11.6 Å². The second kappa shape index (κ2) is 21.1. The maximum absolute atomic E-state index is 10.6. The highest BCUT2D eigenvalue weighted by atomic mass is 35.5. The van der Waals surface area contributed by atoms with Crippen LogP contribution in [0, 0.1) is 11.3 Å². The number of carbonyl (C=O) groups is 3. The van der Waals surface area contributed by atoms with Gasteiger partial charge in [-0.15, -0.1) is 0 Å². The van der Waals surface area contributed by atoms with Crippen molar-refractivity contribution >= 4 is 41.0 Å². The highest BCUT2D eigenvalue weighted by Crippen LogP contribution is 2.28. The van der Waals surface area contributed by atoms with Crippen LogP contribution in [0.2, 0.25) is 5.02 Å². The van der Waals surface area contributed by atoms with Gasteiger partial charge >= 0.3 is 36.4 Å². The number of anilines is 2. The molecule has 5 rings (SSSR count). The van der Waals surface area contributed by atoms with E-state index in [0.29, 0.717) is 23.7 Å². The van der Waals surface area contributed by atoms with Crippen LogP contribution in [0.4, 0.5) is 51.0 Å². The molecule has 1 saturated carbocycles. The van der Waals surface area contributed by atoms with E-state index >= 15 is 0 Å². The summed E-state index contributed by atoms with van der Waals surface area (Å²) in [7, 11) is 0. The Morgan fingerprint density at radius 3 is 1.71 bits per heavy atom. The summed E-state index contributed by atoms with van der Waals surface area (Å²) in [6.07, 6.45) is -6.16. The van der Waals surface area contributed by atoms with Crippen molar-refractivity contribution in [3.05, 3.63) is 77.4 Å². The van der Waals surface area contributed by atoms with Crippen LogP contribution in [0.5, 0.6) is 0 Å². The van der Waals surface area contributed by atoms with Crippen LogP contribution in [0.25, 0.3) is 11.1 Å². The molecule has 0 unspecified atom stereocenters. The molecular weight excluding hydrogens is 793 g/mol. The van der Waals surface area contributed by atoms with Crippen LogP contribution in [-0.4, -0.2) is 88.0 Å². The SMILES string of the molecule is N#Cc1ccc(N2CCC[C@H](N[C@@H]3CCCC[C@H]3Nc3cc(-c4ccc(Cl)cc4)ccn3)C2)cc1.O=C(O)C(F)(F)F.O=C(O)C(F)(F)F.O=C(O)C(F)(F)F. The topological polar surface area (TPSA) is 176 Å². The van der Waals surface area contributed by atoms with Crippen LogP contribution >= 0.6 is 11.6 Å². The zero-order chi connectivity index (χ0) is 42.3. The molecule has 1 aromatic heterocycles. The normalized spacial score (nSPS) is 18.2. The number of carboxylic acid groups (broad SMARTS) is 3. The average Bonchev–Trinajstić information content (AvgIpc) is 3.13. The van der Waals surface area contributed by atoms with E-state index < -0.39 is 36.4 Å². The first kappa shape index (κ1) is 46.9. The molecule has 0 spiro atoms. The van der Waals surface area contributed by atoms with Crippen LogP contribution in [0.1, 0.15) is 44.1 Å². The number of nitrogens with one attached hydrogen (secondary N) is 2. The predicted molar refractivity (Wildman–Crippen MR) is 185 cm³/mol. The number of pyridine rings is 1. The number of hydrogen-bond donors (Lipinski definition) is 5. The minimum Gasteiger partial charge on any atom is -0.475 e. The first-order valence-corrected chi connectivity index (χ1v) is 16.8. The molecule has 5 N–H and O–H groups in total. The predicted octanol–water partition coefficient (Wildman–Crippen LogP) is 8.16. The van der Waals surface area contributed by atoms with Gasteiger partial charge in [0.15, 0.2) is 0 Å². The second-order valence-corrected chi connectivity index (χ2v) is 12.5. The molecule has 2 fully saturated rings. The van der Waals surface area contributed by atoms with Crippen molar-refractivity contribution in [2.75, 3.05) is 23.3 Å². The number of carboxylic acids is 3. The van der Waals surface area contributed by atoms with Gasteiger partial charge in [-0.3, -0.25) is 0 Å². The maximum atomic E-state index is 10.6. The van der Waals surface area contributed by atoms with Crippen molar-refractivity contribution in [3.8, 4) is 17.2 Å². The molecule has 11 nitrogen and oxygen atoms in total. The van der Waals surface area contributed by atoms with E-state index in [0.717, 1.165) is 41.5 Å². The quantitative estimate of drug-likeness (QED) is 0.152. The van der Waals surface area contributed by atoms with Crippen LogP contribution in [0.15, 0.2) is 66.9 Å². The number of aromatic nitrogens is 1. The first-order valence-electron chi connectivity index (χ1n) is 16.4. The van der Waals surface area contributed by atoms with Crippen molar-refractivity contribution in [1.82, 2.24) is 10.3 Å². The van der Waals surface area contributed by atoms with Crippen LogP contribution < -0.4 is 15.5 Å². The Hall–Kier alpha value is -5.29. The zero-order valence-electron chi connectivity index (χ0n) is 28.9. The highest BCUT2D eigenvalue weighted by Gasteiger charge is 2.39. The van der Waals surface area contributed by atoms with E-state index in [4.69, 9.17) is 46.6 Å². The third kappa shape index (κ3) is 16.6. The Morgan fingerprint density at radius 2 is 1.23 bits per heavy atom. The van der Waals surface area contributed by atoms with Gasteiger partial charge in [0.1, 0.15) is 5.82 Å². The fourth-order valence-electron chi connectivity index (χ4n) is 5.42. The van der Waals surface area contributed by atoms with Crippen LogP contribution in [0.3, 0.4) is 0 Å². The van der Waals surface area contributed by atoms with Gasteiger partial charge in [-0.2, -0.15) is 44.8 Å². The third-order valence-electron chi connectivity index (χ3n) is 8.00. The number of piperidine rings is 1. The van der Waals surface area contributed by atoms with Gasteiger partial charge in [0, 0.05) is 48.1 Å². The highest BCUT2D eigenvalue weighted by molar-refractivity contribution is 6.30. The van der Waals surface area contributed by atoms with Gasteiger partial charge in [-0.1, -0.05) is 36.6 Å². The summed E-state index contributed by atoms with van der Waals surface area (Å²) in [6, 6.07) is 23.6. The molecule has 1 aliphatic carbocycles. The molecule has 56 heavy (non-hydrogen) atoms. The Morgan fingerprint density at radius 1 is 0.732 bits per heavy atom. The van der Waals surface area contributed by atoms with Gasteiger partial charge in [0.25, 0.3) is 0 Å². The zero-order valence-corrected chi connectivity index (χ0v) is 29.7. The standard InChI is InChI=1S/C29H32ClN5.3C2HF3O2/c30-24-11-9-22(10-12-24)23-15-16-32-29(18-23)34-28-6-2-1-5-27(28)33-25-4-3-17-35(20-25)26-13-7-21(19-31)8-14-26;3*3-2(4,5)1(6)7/h7-16,18,25,27-28,33H,1-6,17,20H2,(H,32,34);3*(H,6,7)/t25-,27+,28+;;;/m0.../s1. The van der Waals surface area contributed by atoms with E-state index in [1.807, 2.05) is 36.5 Å². The van der Waals surface area contributed by atoms with Crippen molar-refractivity contribution in [2.24, 2.45) is 0 Å². The Kier molecular flexibility index (Phi) is 17.7. The summed E-state index contributed by atoms with van der Waals surface area (Å²) in [4.78, 5) is 33.8. The number of halogens is 10. The van der Waals surface area contributed by atoms with Crippen molar-refractivity contribution in [3.63, 3.8) is 0 Å². The monoisotopic (exact) mass is 827 g/mol. The average molecular weight is 828 g/mol. The molecule has 3 aromatic rings. The first-order chi connectivity index (χ1) is 26.0. The molecule has 1 aliphatic heterocycles. The summed E-state index contributed by atoms with van der Waals surface area (Å²) in [5, 5.41) is 39.0. The fraction of sp³-hybridized carbons (Fsp3) is 0.400. The Balaban J connectivity index is 0.000000423. The molecule has 2 aliphatic rings. The van der Waals surface area contributed by atoms with E-state index in [1.54, 1.807) is 0 Å². The molecule has 1 saturated heterocycles. The smallest absolute Gasteiger partial charge is 0.475 e. The number of alkyl halides is 9. The lowest BCUT2D eigenvalue weighted by Gasteiger charge is -2.40. The van der Waals surface area contributed by atoms with Gasteiger partial charge in [0.2, 0.25) is 0 Å². The summed E-state index contributed by atoms with van der Waals surface area (Å²) in [6.45, 7) is 2.07. The number of nitrogens with zero attached hydrogens (tertiary/aromatic N) is 3. The van der Waals surface area contributed by atoms with Crippen LogP contribution in [-0.2, 0) is 14.4 Å². The minimum atomic E-state index is -5.08. The lowest BCUT2D eigenvalue weighted by molar-refractivity contribution is -0.193. The van der Waals surface area contributed by atoms with Gasteiger partial charge < -0.3 is 30.9 Å². The van der Waals surface area contributed by atoms with Gasteiger partial charge in [-0.05, 0) is 85.3 Å². The molecule has 3 atom stereocenters. The number of rotatable bonds is 6. The van der Waals surface area contributed by atoms with Crippen molar-refractivity contribution in [2.45, 2.75) is 75.2 Å². The molecule has 2 heterocycles. The number of aliphatic carboxylic acids is 3. The van der Waals surface area contributed by atoms with Crippen molar-refractivity contribution in [1.29, 1.82) is 5.26 Å². The Bertz CT molecular complexity index is 1710. The van der Waals surface area contributed by atoms with E-state index in [2.05, 4.69) is 56.9 Å². The summed E-state index contributed by atoms with van der Waals surface area (Å²) in [5.74, 6) is -7.34. The third-order valence-corrected chi connectivity index (χ3v) is 8.25. The number of hydrogen-bond acceptors (Lipinski definition) is 8. The minimum absolute atomic E-state index is 0.363. The number of nitriles is 1. The lowest BCUT2D eigenvalue weighted by Crippen LogP contribution is -2.54. The van der Waals surface area contributed by atoms with E-state index in [1.165, 1.54) is 37.8 Å². The molecule has 0 radical (unpaired) electrons. The van der Waals surface area contributed by atoms with Crippen molar-refractivity contribution < 1.29 is 69.2 Å². The fourth-order valence-corrected chi connectivity index (χ4v) is 5.55. The summed E-state index contributed by atoms with van der Waals surface area (Å²) < 4.78 is 95.2. The summed E-state index contributed by atoms with van der Waals surface area (Å²) in [5.41, 5.74) is 4.20. The van der Waals surface area contributed by atoms with E-state index in [-0.39, 0.29) is 0 Å². The molecule has 2 aromatic carbocycles. The Labute approximate surface area is 318 Å². The number of benzene rings is 2. The summed E-state index contributed by atoms with van der Waals surface area (Å²) >= 11 is 6.07. The van der Waals surface area contributed by atoms with Gasteiger partial charge in [-0.25, -0.2) is 19.4 Å². The molecule has 306 valence electrons. The largest absolute Gasteiger partial charge is 0.490 e.